The van der Waals surface area contributed by atoms with Crippen LogP contribution in [0.4, 0.5) is 0 Å². The van der Waals surface area contributed by atoms with Crippen molar-refractivity contribution >= 4 is 12.0 Å². The van der Waals surface area contributed by atoms with Gasteiger partial charge in [0.05, 0.1) is 27.4 Å². The maximum absolute atomic E-state index is 13.4. The van der Waals surface area contributed by atoms with Gasteiger partial charge in [0.25, 0.3) is 0 Å². The molecule has 0 N–H and O–H groups in total. The number of carbonyl (C=O) groups excluding carboxylic acids is 1. The Morgan fingerprint density at radius 2 is 1.69 bits per heavy atom. The molecule has 7 heteroatoms. The molecule has 3 aliphatic rings. The molecule has 2 heterocycles. The molecule has 2 aromatic rings. The maximum Gasteiger partial charge on any atom is 0.342 e. The van der Waals surface area contributed by atoms with E-state index >= 15 is 0 Å². The zero-order valence-corrected chi connectivity index (χ0v) is 22.8. The third-order valence-electron chi connectivity index (χ3n) is 7.60. The summed E-state index contributed by atoms with van der Waals surface area (Å²) in [4.78, 5) is 13.4. The van der Waals surface area contributed by atoms with Crippen molar-refractivity contribution in [3.63, 3.8) is 0 Å². The molecule has 0 unspecified atom stereocenters. The molecule has 7 nitrogen and oxygen atoms in total. The van der Waals surface area contributed by atoms with Gasteiger partial charge in [0.15, 0.2) is 5.79 Å². The molecule has 5 rings (SSSR count). The summed E-state index contributed by atoms with van der Waals surface area (Å²) in [6.07, 6.45) is 13.6. The van der Waals surface area contributed by atoms with Crippen LogP contribution in [0.5, 0.6) is 11.5 Å². The first kappa shape index (κ1) is 27.4. The van der Waals surface area contributed by atoms with Gasteiger partial charge in [-0.15, -0.1) is 0 Å². The number of carbonyl (C=O) groups is 1. The van der Waals surface area contributed by atoms with E-state index in [4.69, 9.17) is 28.4 Å². The average molecular weight is 535 g/mol. The second kappa shape index (κ2) is 12.8. The lowest BCUT2D eigenvalue weighted by Crippen LogP contribution is -2.33. The van der Waals surface area contributed by atoms with Crippen LogP contribution in [0, 0.1) is 0 Å². The quantitative estimate of drug-likeness (QED) is 0.236. The molecule has 0 bridgehead atoms. The Balaban J connectivity index is 1.33. The minimum Gasteiger partial charge on any atom is -0.497 e. The highest BCUT2D eigenvalue weighted by Crippen LogP contribution is 2.41. The summed E-state index contributed by atoms with van der Waals surface area (Å²) >= 11 is 0. The van der Waals surface area contributed by atoms with Gasteiger partial charge in [-0.1, -0.05) is 55.0 Å². The largest absolute Gasteiger partial charge is 0.497 e. The zero-order valence-electron chi connectivity index (χ0n) is 22.8. The lowest BCUT2D eigenvalue weighted by atomic mass is 9.94. The van der Waals surface area contributed by atoms with Crippen molar-refractivity contribution in [1.29, 1.82) is 0 Å². The number of hydrogen-bond acceptors (Lipinski definition) is 7. The third kappa shape index (κ3) is 6.72. The predicted molar refractivity (Wildman–Crippen MR) is 148 cm³/mol. The topological polar surface area (TPSA) is 72.5 Å². The molecular weight excluding hydrogens is 496 g/mol. The minimum absolute atomic E-state index is 0.199. The number of rotatable bonds is 7. The van der Waals surface area contributed by atoms with Gasteiger partial charge in [0.2, 0.25) is 0 Å². The molecule has 3 atom stereocenters. The molecule has 1 saturated heterocycles. The number of ether oxygens (including phenoxy) is 6. The van der Waals surface area contributed by atoms with E-state index in [1.54, 1.807) is 20.3 Å². The summed E-state index contributed by atoms with van der Waals surface area (Å²) in [5.74, 6) is 0.350. The van der Waals surface area contributed by atoms with Crippen molar-refractivity contribution in [2.24, 2.45) is 0 Å². The van der Waals surface area contributed by atoms with Gasteiger partial charge in [0, 0.05) is 25.7 Å². The van der Waals surface area contributed by atoms with Gasteiger partial charge < -0.3 is 28.4 Å². The van der Waals surface area contributed by atoms with Gasteiger partial charge in [-0.2, -0.15) is 0 Å². The molecule has 1 aliphatic carbocycles. The molecule has 2 aliphatic heterocycles. The number of fused-ring (bicyclic) bond motifs is 2. The van der Waals surface area contributed by atoms with E-state index in [1.807, 2.05) is 54.6 Å². The molecule has 2 fully saturated rings. The Morgan fingerprint density at radius 1 is 0.923 bits per heavy atom. The highest BCUT2D eigenvalue weighted by Gasteiger charge is 2.46. The Kier molecular flexibility index (Phi) is 9.02. The number of methoxy groups -OCH3 is 2. The van der Waals surface area contributed by atoms with Crippen LogP contribution >= 0.6 is 0 Å². The smallest absolute Gasteiger partial charge is 0.342 e. The SMILES string of the molecule is COc1ccc(COCC[C@H]2C/C=C\[C@@H]3OC4(CCCCC4)O[C@H]3/C=C/c3cccc(OC)c3C(=O)O2)cc1. The fourth-order valence-corrected chi connectivity index (χ4v) is 5.48. The van der Waals surface area contributed by atoms with Crippen LogP contribution in [0.3, 0.4) is 0 Å². The number of esters is 1. The van der Waals surface area contributed by atoms with Crippen LogP contribution in [0.2, 0.25) is 0 Å². The Labute approximate surface area is 230 Å². The molecule has 2 aromatic carbocycles. The van der Waals surface area contributed by atoms with Crippen molar-refractivity contribution in [3.05, 3.63) is 77.4 Å². The number of cyclic esters (lactones) is 1. The summed E-state index contributed by atoms with van der Waals surface area (Å²) < 4.78 is 35.8. The highest BCUT2D eigenvalue weighted by molar-refractivity contribution is 5.96. The van der Waals surface area contributed by atoms with E-state index < -0.39 is 11.8 Å². The zero-order chi connectivity index (χ0) is 27.1. The fraction of sp³-hybridized carbons (Fsp3) is 0.469. The van der Waals surface area contributed by atoms with Gasteiger partial charge >= 0.3 is 5.97 Å². The second-order valence-electron chi connectivity index (χ2n) is 10.3. The molecule has 1 saturated carbocycles. The summed E-state index contributed by atoms with van der Waals surface area (Å²) in [5.41, 5.74) is 2.19. The predicted octanol–water partition coefficient (Wildman–Crippen LogP) is 6.25. The van der Waals surface area contributed by atoms with E-state index in [0.29, 0.717) is 37.4 Å². The Morgan fingerprint density at radius 3 is 2.44 bits per heavy atom. The molecule has 1 spiro atoms. The van der Waals surface area contributed by atoms with Gasteiger partial charge in [-0.3, -0.25) is 0 Å². The summed E-state index contributed by atoms with van der Waals surface area (Å²) in [6, 6.07) is 13.3. The standard InChI is InChI=1S/C32H38O7/c1-34-25-15-12-23(13-16-25)22-36-21-18-26-9-7-10-27-28(39-32(38-27)19-4-3-5-20-32)17-14-24-8-6-11-29(35-2)30(24)31(33)37-26/h6-8,10-17,26-28H,3-5,9,18-22H2,1-2H3/b10-7-,17-14+/t26-,27+,28+/m1/s1. The van der Waals surface area contributed by atoms with Crippen LogP contribution in [0.15, 0.2) is 60.7 Å². The molecule has 208 valence electrons. The average Bonchev–Trinajstić information content (AvgIpc) is 3.29. The first-order valence-electron chi connectivity index (χ1n) is 13.9. The van der Waals surface area contributed by atoms with E-state index in [-0.39, 0.29) is 18.3 Å². The van der Waals surface area contributed by atoms with Crippen LogP contribution < -0.4 is 9.47 Å². The van der Waals surface area contributed by atoms with Crippen molar-refractivity contribution in [1.82, 2.24) is 0 Å². The Bertz CT molecular complexity index is 1160. The van der Waals surface area contributed by atoms with Crippen molar-refractivity contribution in [2.45, 2.75) is 75.7 Å². The number of hydrogen-bond donors (Lipinski definition) is 0. The van der Waals surface area contributed by atoms with E-state index in [0.717, 1.165) is 42.6 Å². The third-order valence-corrected chi connectivity index (χ3v) is 7.60. The first-order valence-corrected chi connectivity index (χ1v) is 13.9. The van der Waals surface area contributed by atoms with Gasteiger partial charge in [0.1, 0.15) is 35.4 Å². The molecule has 39 heavy (non-hydrogen) atoms. The lowest BCUT2D eigenvalue weighted by Gasteiger charge is -2.31. The van der Waals surface area contributed by atoms with E-state index in [1.165, 1.54) is 6.42 Å². The normalized spacial score (nSPS) is 25.9. The van der Waals surface area contributed by atoms with E-state index in [9.17, 15) is 4.79 Å². The fourth-order valence-electron chi connectivity index (χ4n) is 5.48. The number of benzene rings is 2. The van der Waals surface area contributed by atoms with Gasteiger partial charge in [-0.05, 0) is 42.2 Å². The molecule has 0 aromatic heterocycles. The summed E-state index contributed by atoms with van der Waals surface area (Å²) in [5, 5.41) is 0. The second-order valence-corrected chi connectivity index (χ2v) is 10.3. The molecular formula is C32H38O7. The maximum atomic E-state index is 13.4. The summed E-state index contributed by atoms with van der Waals surface area (Å²) in [6.45, 7) is 0.921. The van der Waals surface area contributed by atoms with Crippen molar-refractivity contribution in [2.75, 3.05) is 20.8 Å². The van der Waals surface area contributed by atoms with Crippen LogP contribution in [-0.4, -0.2) is 50.9 Å². The van der Waals surface area contributed by atoms with Crippen molar-refractivity contribution < 1.29 is 33.2 Å². The summed E-state index contributed by atoms with van der Waals surface area (Å²) in [7, 11) is 3.21. The minimum atomic E-state index is -0.527. The highest BCUT2D eigenvalue weighted by atomic mass is 16.8. The molecule has 0 amide bonds. The monoisotopic (exact) mass is 534 g/mol. The lowest BCUT2D eigenvalue weighted by molar-refractivity contribution is -0.187. The van der Waals surface area contributed by atoms with Crippen LogP contribution in [0.1, 0.15) is 66.4 Å². The van der Waals surface area contributed by atoms with E-state index in [2.05, 4.69) is 6.08 Å². The first-order chi connectivity index (χ1) is 19.1. The van der Waals surface area contributed by atoms with Gasteiger partial charge in [-0.25, -0.2) is 4.79 Å². The Hall–Kier alpha value is -3.13. The molecule has 0 radical (unpaired) electrons. The van der Waals surface area contributed by atoms with Crippen molar-refractivity contribution in [3.8, 4) is 11.5 Å². The van der Waals surface area contributed by atoms with Crippen LogP contribution in [-0.2, 0) is 25.6 Å². The van der Waals surface area contributed by atoms with Crippen LogP contribution in [0.25, 0.3) is 6.08 Å².